The van der Waals surface area contributed by atoms with Crippen molar-refractivity contribution in [1.82, 2.24) is 10.2 Å². The van der Waals surface area contributed by atoms with Gasteiger partial charge in [-0.05, 0) is 26.7 Å². The third kappa shape index (κ3) is 9.07. The molecule has 0 rings (SSSR count). The van der Waals surface area contributed by atoms with Crippen LogP contribution in [0.2, 0.25) is 0 Å². The maximum atomic E-state index is 12.5. The second kappa shape index (κ2) is 12.5. The summed E-state index contributed by atoms with van der Waals surface area (Å²) in [6.45, 7) is 7.62. The maximum absolute atomic E-state index is 12.5. The van der Waals surface area contributed by atoms with E-state index in [0.717, 1.165) is 0 Å². The fourth-order valence-corrected chi connectivity index (χ4v) is 4.82. The molecule has 0 fully saturated rings. The van der Waals surface area contributed by atoms with Gasteiger partial charge in [-0.25, -0.2) is 18.0 Å². The Morgan fingerprint density at radius 2 is 1.56 bits per heavy atom. The van der Waals surface area contributed by atoms with Gasteiger partial charge in [-0.2, -0.15) is 0 Å². The zero-order valence-electron chi connectivity index (χ0n) is 16.6. The summed E-state index contributed by atoms with van der Waals surface area (Å²) in [6.07, 6.45) is 1.05. The highest BCUT2D eigenvalue weighted by atomic mass is 32.2. The van der Waals surface area contributed by atoms with E-state index < -0.39 is 51.5 Å². The number of carbonyl (C=O) groups is 3. The van der Waals surface area contributed by atoms with Crippen molar-refractivity contribution in [3.8, 4) is 0 Å². The molecule has 158 valence electrons. The van der Waals surface area contributed by atoms with Gasteiger partial charge in [-0.1, -0.05) is 26.7 Å². The molecule has 0 aliphatic rings. The SMILES string of the molecule is CCCC(CCC)S(=O)(=O)C[C@@H](NC(=O)OCC(=O)N(CC)CC)C(=O)O. The van der Waals surface area contributed by atoms with Gasteiger partial charge in [0.15, 0.2) is 16.4 Å². The van der Waals surface area contributed by atoms with E-state index in [-0.39, 0.29) is 0 Å². The first-order chi connectivity index (χ1) is 12.6. The molecule has 9 nitrogen and oxygen atoms in total. The number of nitrogens with zero attached hydrogens (tertiary/aromatic N) is 1. The van der Waals surface area contributed by atoms with Gasteiger partial charge in [-0.15, -0.1) is 0 Å². The Labute approximate surface area is 161 Å². The molecule has 0 unspecified atom stereocenters. The monoisotopic (exact) mass is 408 g/mol. The summed E-state index contributed by atoms with van der Waals surface area (Å²) in [4.78, 5) is 36.4. The molecular weight excluding hydrogens is 376 g/mol. The highest BCUT2D eigenvalue weighted by molar-refractivity contribution is 7.92. The lowest BCUT2D eigenvalue weighted by Crippen LogP contribution is -2.47. The third-order valence-electron chi connectivity index (χ3n) is 4.16. The summed E-state index contributed by atoms with van der Waals surface area (Å²) in [6, 6.07) is -1.64. The number of carboxylic acids is 1. The van der Waals surface area contributed by atoms with E-state index in [0.29, 0.717) is 38.8 Å². The molecule has 0 bridgehead atoms. The Morgan fingerprint density at radius 1 is 1.04 bits per heavy atom. The Bertz CT molecular complexity index is 582. The summed E-state index contributed by atoms with van der Waals surface area (Å²) in [5, 5.41) is 10.6. The Morgan fingerprint density at radius 3 is 1.96 bits per heavy atom. The normalized spacial score (nSPS) is 12.5. The average Bonchev–Trinajstić information content (AvgIpc) is 2.60. The van der Waals surface area contributed by atoms with Gasteiger partial charge in [0.25, 0.3) is 5.91 Å². The zero-order valence-corrected chi connectivity index (χ0v) is 17.4. The summed E-state index contributed by atoms with van der Waals surface area (Å²) in [5.74, 6) is -2.61. The van der Waals surface area contributed by atoms with E-state index in [1.165, 1.54) is 4.90 Å². The van der Waals surface area contributed by atoms with Gasteiger partial charge in [0, 0.05) is 13.1 Å². The van der Waals surface area contributed by atoms with E-state index in [1.807, 2.05) is 19.2 Å². The largest absolute Gasteiger partial charge is 0.480 e. The van der Waals surface area contributed by atoms with Crippen molar-refractivity contribution in [2.45, 2.75) is 64.7 Å². The number of sulfone groups is 1. The number of carboxylic acid groups (broad SMARTS) is 1. The molecule has 2 amide bonds. The van der Waals surface area contributed by atoms with E-state index in [1.54, 1.807) is 13.8 Å². The summed E-state index contributed by atoms with van der Waals surface area (Å²) in [5.41, 5.74) is 0. The number of nitrogens with one attached hydrogen (secondary N) is 1. The molecule has 1 atom stereocenters. The number of ether oxygens (including phenoxy) is 1. The van der Waals surface area contributed by atoms with E-state index >= 15 is 0 Å². The van der Waals surface area contributed by atoms with Crippen molar-refractivity contribution in [3.63, 3.8) is 0 Å². The lowest BCUT2D eigenvalue weighted by Gasteiger charge is -2.21. The first-order valence-corrected chi connectivity index (χ1v) is 11.0. The van der Waals surface area contributed by atoms with Crippen LogP contribution in [0.4, 0.5) is 4.79 Å². The van der Waals surface area contributed by atoms with Crippen molar-refractivity contribution in [3.05, 3.63) is 0 Å². The lowest BCUT2D eigenvalue weighted by atomic mass is 10.2. The van der Waals surface area contributed by atoms with Crippen molar-refractivity contribution >= 4 is 27.8 Å². The molecule has 0 aromatic carbocycles. The van der Waals surface area contributed by atoms with Crippen LogP contribution in [0.5, 0.6) is 0 Å². The standard InChI is InChI=1S/C17H32N2O7S/c1-5-9-13(10-6-2)27(24,25)12-14(16(21)22)18-17(23)26-11-15(20)19(7-3)8-4/h13-14H,5-12H2,1-4H3,(H,18,23)(H,21,22)/t14-/m1/s1. The molecular formula is C17H32N2O7S. The van der Waals surface area contributed by atoms with E-state index in [2.05, 4.69) is 0 Å². The van der Waals surface area contributed by atoms with E-state index in [9.17, 15) is 27.9 Å². The van der Waals surface area contributed by atoms with E-state index in [4.69, 9.17) is 4.74 Å². The van der Waals surface area contributed by atoms with Crippen LogP contribution in [0, 0.1) is 0 Å². The molecule has 0 radical (unpaired) electrons. The predicted octanol–water partition coefficient (Wildman–Crippen LogP) is 1.42. The fourth-order valence-electron chi connectivity index (χ4n) is 2.67. The second-order valence-corrected chi connectivity index (χ2v) is 8.53. The summed E-state index contributed by atoms with van der Waals surface area (Å²) >= 11 is 0. The lowest BCUT2D eigenvalue weighted by molar-refractivity contribution is -0.138. The van der Waals surface area contributed by atoms with Crippen LogP contribution in [0.15, 0.2) is 0 Å². The zero-order chi connectivity index (χ0) is 21.0. The molecule has 0 aromatic heterocycles. The molecule has 0 aromatic rings. The van der Waals surface area contributed by atoms with Gasteiger partial charge in [0.2, 0.25) is 0 Å². The van der Waals surface area contributed by atoms with Gasteiger partial charge >= 0.3 is 12.1 Å². The molecule has 0 saturated heterocycles. The summed E-state index contributed by atoms with van der Waals surface area (Å²) < 4.78 is 29.8. The smallest absolute Gasteiger partial charge is 0.408 e. The Hall–Kier alpha value is -1.84. The van der Waals surface area contributed by atoms with Crippen LogP contribution < -0.4 is 5.32 Å². The molecule has 0 spiro atoms. The number of hydrogen-bond acceptors (Lipinski definition) is 6. The number of rotatable bonds is 13. The number of carbonyl (C=O) groups excluding carboxylic acids is 2. The summed E-state index contributed by atoms with van der Waals surface area (Å²) in [7, 11) is -3.72. The van der Waals surface area contributed by atoms with Gasteiger partial charge < -0.3 is 20.1 Å². The van der Waals surface area contributed by atoms with Crippen LogP contribution in [-0.2, 0) is 24.2 Å². The Balaban J connectivity index is 4.92. The van der Waals surface area contributed by atoms with Gasteiger partial charge in [0.1, 0.15) is 6.04 Å². The highest BCUT2D eigenvalue weighted by Gasteiger charge is 2.32. The Kier molecular flexibility index (Phi) is 11.7. The van der Waals surface area contributed by atoms with Crippen molar-refractivity contribution < 1.29 is 32.6 Å². The maximum Gasteiger partial charge on any atom is 0.408 e. The van der Waals surface area contributed by atoms with Crippen LogP contribution >= 0.6 is 0 Å². The minimum Gasteiger partial charge on any atom is -0.480 e. The van der Waals surface area contributed by atoms with Crippen LogP contribution in [0.3, 0.4) is 0 Å². The first kappa shape index (κ1) is 25.2. The number of hydrogen-bond donors (Lipinski definition) is 2. The number of amides is 2. The van der Waals surface area contributed by atoms with Crippen molar-refractivity contribution in [2.75, 3.05) is 25.4 Å². The minimum atomic E-state index is -3.72. The molecule has 10 heteroatoms. The number of alkyl carbamates (subject to hydrolysis) is 1. The quantitative estimate of drug-likeness (QED) is 0.471. The number of aliphatic carboxylic acids is 1. The average molecular weight is 409 g/mol. The topological polar surface area (TPSA) is 130 Å². The fraction of sp³-hybridized carbons (Fsp3) is 0.824. The first-order valence-electron chi connectivity index (χ1n) is 9.28. The highest BCUT2D eigenvalue weighted by Crippen LogP contribution is 2.16. The molecule has 0 aliphatic heterocycles. The number of likely N-dealkylation sites (N-methyl/N-ethyl adjacent to an activating group) is 1. The molecule has 0 saturated carbocycles. The van der Waals surface area contributed by atoms with Crippen LogP contribution in [-0.4, -0.2) is 73.1 Å². The minimum absolute atomic E-state index is 0.416. The van der Waals surface area contributed by atoms with Gasteiger partial charge in [0.05, 0.1) is 11.0 Å². The van der Waals surface area contributed by atoms with Crippen molar-refractivity contribution in [2.24, 2.45) is 0 Å². The van der Waals surface area contributed by atoms with Crippen molar-refractivity contribution in [1.29, 1.82) is 0 Å². The molecule has 2 N–H and O–H groups in total. The predicted molar refractivity (Wildman–Crippen MR) is 101 cm³/mol. The van der Waals surface area contributed by atoms with Crippen LogP contribution in [0.1, 0.15) is 53.4 Å². The van der Waals surface area contributed by atoms with Gasteiger partial charge in [-0.3, -0.25) is 4.79 Å². The van der Waals surface area contributed by atoms with Crippen LogP contribution in [0.25, 0.3) is 0 Å². The molecule has 0 heterocycles. The molecule has 0 aliphatic carbocycles. The molecule has 27 heavy (non-hydrogen) atoms. The third-order valence-corrected chi connectivity index (χ3v) is 6.45. The second-order valence-electron chi connectivity index (χ2n) is 6.21.